The number of thioether (sulfide) groups is 1. The summed E-state index contributed by atoms with van der Waals surface area (Å²) >= 11 is 1.55. The molecule has 0 spiro atoms. The van der Waals surface area contributed by atoms with E-state index in [1.54, 1.807) is 11.8 Å². The van der Waals surface area contributed by atoms with Crippen LogP contribution in [0.25, 0.3) is 0 Å². The Kier molecular flexibility index (Phi) is 3.67. The molecule has 2 atom stereocenters. The Hall–Kier alpha value is -1.53. The van der Waals surface area contributed by atoms with E-state index < -0.39 is 17.8 Å². The maximum absolute atomic E-state index is 13.0. The predicted octanol–water partition coefficient (Wildman–Crippen LogP) is 4.02. The van der Waals surface area contributed by atoms with Crippen molar-refractivity contribution in [1.29, 1.82) is 0 Å². The number of aliphatic hydroxyl groups is 1. The second kappa shape index (κ2) is 5.35. The zero-order valence-electron chi connectivity index (χ0n) is 10.8. The second-order valence-electron chi connectivity index (χ2n) is 4.86. The highest BCUT2D eigenvalue weighted by molar-refractivity contribution is 7.99. The first kappa shape index (κ1) is 14.4. The molecule has 0 fully saturated rings. The second-order valence-corrected chi connectivity index (χ2v) is 5.92. The van der Waals surface area contributed by atoms with Crippen LogP contribution in [0.5, 0.6) is 0 Å². The molecular formula is C15H12F3NOS. The standard InChI is InChI=1S/C15H12F3NOS/c16-15(17,18)12-5-6-19-7-10(12)14(20)11-8-21-13-4-2-1-3-9(11)13/h1-7,11,14,20H,8H2. The van der Waals surface area contributed by atoms with Gasteiger partial charge in [0, 0.05) is 34.5 Å². The maximum Gasteiger partial charge on any atom is 0.416 e. The molecule has 2 nitrogen and oxygen atoms in total. The Morgan fingerprint density at radius 1 is 1.24 bits per heavy atom. The molecule has 110 valence electrons. The van der Waals surface area contributed by atoms with E-state index in [1.807, 2.05) is 24.3 Å². The highest BCUT2D eigenvalue weighted by atomic mass is 32.2. The molecule has 6 heteroatoms. The highest BCUT2D eigenvalue weighted by Crippen LogP contribution is 2.47. The van der Waals surface area contributed by atoms with E-state index in [9.17, 15) is 18.3 Å². The molecule has 0 bridgehead atoms. The molecule has 2 heterocycles. The monoisotopic (exact) mass is 311 g/mol. The number of aromatic nitrogens is 1. The van der Waals surface area contributed by atoms with Crippen molar-refractivity contribution in [2.75, 3.05) is 5.75 Å². The molecule has 0 radical (unpaired) electrons. The van der Waals surface area contributed by atoms with E-state index >= 15 is 0 Å². The third-order valence-electron chi connectivity index (χ3n) is 3.59. The number of halogens is 3. The zero-order valence-corrected chi connectivity index (χ0v) is 11.7. The number of hydrogen-bond donors (Lipinski definition) is 1. The summed E-state index contributed by atoms with van der Waals surface area (Å²) in [4.78, 5) is 4.75. The summed E-state index contributed by atoms with van der Waals surface area (Å²) in [6.45, 7) is 0. The SMILES string of the molecule is OC(c1cnccc1C(F)(F)F)C1CSc2ccccc21. The summed E-state index contributed by atoms with van der Waals surface area (Å²) in [5.41, 5.74) is -0.0846. The average Bonchev–Trinajstić information content (AvgIpc) is 2.89. The van der Waals surface area contributed by atoms with Gasteiger partial charge in [0.25, 0.3) is 0 Å². The molecule has 1 aromatic carbocycles. The van der Waals surface area contributed by atoms with Crippen molar-refractivity contribution in [3.05, 3.63) is 59.4 Å². The minimum atomic E-state index is -4.50. The van der Waals surface area contributed by atoms with Crippen LogP contribution in [0.3, 0.4) is 0 Å². The summed E-state index contributed by atoms with van der Waals surface area (Å²) < 4.78 is 39.1. The van der Waals surface area contributed by atoms with Crippen LogP contribution in [-0.2, 0) is 6.18 Å². The van der Waals surface area contributed by atoms with Crippen LogP contribution in [0.2, 0.25) is 0 Å². The number of pyridine rings is 1. The fourth-order valence-corrected chi connectivity index (χ4v) is 3.85. The maximum atomic E-state index is 13.0. The highest BCUT2D eigenvalue weighted by Gasteiger charge is 2.38. The molecule has 1 aromatic heterocycles. The number of hydrogen-bond acceptors (Lipinski definition) is 3. The van der Waals surface area contributed by atoms with Crippen LogP contribution >= 0.6 is 11.8 Å². The Bertz CT molecular complexity index is 659. The van der Waals surface area contributed by atoms with Crippen LogP contribution in [0, 0.1) is 0 Å². The molecule has 0 amide bonds. The topological polar surface area (TPSA) is 33.1 Å². The van der Waals surface area contributed by atoms with Crippen LogP contribution in [0.4, 0.5) is 13.2 Å². The number of fused-ring (bicyclic) bond motifs is 1. The molecule has 1 aliphatic rings. The Morgan fingerprint density at radius 3 is 2.76 bits per heavy atom. The average molecular weight is 311 g/mol. The van der Waals surface area contributed by atoms with Gasteiger partial charge < -0.3 is 5.11 Å². The number of aliphatic hydroxyl groups excluding tert-OH is 1. The number of nitrogens with zero attached hydrogens (tertiary/aromatic N) is 1. The molecule has 1 aliphatic heterocycles. The minimum absolute atomic E-state index is 0.160. The number of alkyl halides is 3. The van der Waals surface area contributed by atoms with Gasteiger partial charge in [-0.05, 0) is 17.7 Å². The summed E-state index contributed by atoms with van der Waals surface area (Å²) in [5, 5.41) is 10.5. The van der Waals surface area contributed by atoms with Gasteiger partial charge in [-0.25, -0.2) is 0 Å². The van der Waals surface area contributed by atoms with Crippen LogP contribution in [-0.4, -0.2) is 15.8 Å². The van der Waals surface area contributed by atoms with Crippen LogP contribution in [0.1, 0.15) is 28.7 Å². The van der Waals surface area contributed by atoms with Crippen molar-refractivity contribution in [2.45, 2.75) is 23.1 Å². The van der Waals surface area contributed by atoms with Gasteiger partial charge in [-0.2, -0.15) is 13.2 Å². The largest absolute Gasteiger partial charge is 0.416 e. The summed E-state index contributed by atoms with van der Waals surface area (Å²) in [5.74, 6) is 0.212. The minimum Gasteiger partial charge on any atom is -0.388 e. The summed E-state index contributed by atoms with van der Waals surface area (Å²) in [6, 6.07) is 8.39. The molecule has 1 N–H and O–H groups in total. The zero-order chi connectivity index (χ0) is 15.0. The van der Waals surface area contributed by atoms with Gasteiger partial charge in [-0.3, -0.25) is 4.98 Å². The van der Waals surface area contributed by atoms with E-state index in [4.69, 9.17) is 0 Å². The molecule has 2 unspecified atom stereocenters. The van der Waals surface area contributed by atoms with Crippen molar-refractivity contribution in [1.82, 2.24) is 4.98 Å². The van der Waals surface area contributed by atoms with Crippen molar-refractivity contribution < 1.29 is 18.3 Å². The van der Waals surface area contributed by atoms with Gasteiger partial charge in [-0.1, -0.05) is 18.2 Å². The molecule has 2 aromatic rings. The lowest BCUT2D eigenvalue weighted by molar-refractivity contribution is -0.139. The fraction of sp³-hybridized carbons (Fsp3) is 0.267. The van der Waals surface area contributed by atoms with Crippen LogP contribution < -0.4 is 0 Å². The Labute approximate surface area is 124 Å². The lowest BCUT2D eigenvalue weighted by Crippen LogP contribution is -2.17. The van der Waals surface area contributed by atoms with Gasteiger partial charge in [-0.15, -0.1) is 11.8 Å². The quantitative estimate of drug-likeness (QED) is 0.909. The third-order valence-corrected chi connectivity index (χ3v) is 4.80. The van der Waals surface area contributed by atoms with Gasteiger partial charge in [0.2, 0.25) is 0 Å². The Morgan fingerprint density at radius 2 is 2.00 bits per heavy atom. The third kappa shape index (κ3) is 2.65. The first-order valence-corrected chi connectivity index (χ1v) is 7.38. The molecular weight excluding hydrogens is 299 g/mol. The van der Waals surface area contributed by atoms with E-state index in [0.29, 0.717) is 5.75 Å². The fourth-order valence-electron chi connectivity index (χ4n) is 2.57. The van der Waals surface area contributed by atoms with Crippen molar-refractivity contribution >= 4 is 11.8 Å². The van der Waals surface area contributed by atoms with Crippen molar-refractivity contribution in [2.24, 2.45) is 0 Å². The summed E-state index contributed by atoms with van der Waals surface area (Å²) in [6.07, 6.45) is -3.51. The Balaban J connectivity index is 2.00. The number of benzene rings is 1. The van der Waals surface area contributed by atoms with Crippen molar-refractivity contribution in [3.63, 3.8) is 0 Å². The van der Waals surface area contributed by atoms with E-state index in [-0.39, 0.29) is 11.5 Å². The lowest BCUT2D eigenvalue weighted by Gasteiger charge is -2.22. The van der Waals surface area contributed by atoms with Gasteiger partial charge in [0.1, 0.15) is 0 Å². The van der Waals surface area contributed by atoms with E-state index in [0.717, 1.165) is 28.9 Å². The molecule has 0 saturated heterocycles. The van der Waals surface area contributed by atoms with Crippen LogP contribution in [0.15, 0.2) is 47.6 Å². The van der Waals surface area contributed by atoms with Gasteiger partial charge in [0.15, 0.2) is 0 Å². The van der Waals surface area contributed by atoms with E-state index in [2.05, 4.69) is 4.98 Å². The normalized spacial score (nSPS) is 19.3. The van der Waals surface area contributed by atoms with E-state index in [1.165, 1.54) is 0 Å². The molecule has 21 heavy (non-hydrogen) atoms. The van der Waals surface area contributed by atoms with Gasteiger partial charge in [0.05, 0.1) is 11.7 Å². The number of rotatable bonds is 2. The predicted molar refractivity (Wildman–Crippen MR) is 74.1 cm³/mol. The first-order chi connectivity index (χ1) is 9.98. The van der Waals surface area contributed by atoms with Gasteiger partial charge >= 0.3 is 6.18 Å². The molecule has 3 rings (SSSR count). The lowest BCUT2D eigenvalue weighted by atomic mass is 9.89. The first-order valence-electron chi connectivity index (χ1n) is 6.39. The molecule has 0 saturated carbocycles. The van der Waals surface area contributed by atoms with Crippen molar-refractivity contribution in [3.8, 4) is 0 Å². The smallest absolute Gasteiger partial charge is 0.388 e. The summed E-state index contributed by atoms with van der Waals surface area (Å²) in [7, 11) is 0. The molecule has 0 aliphatic carbocycles.